The number of ether oxygens (including phenoxy) is 1. The van der Waals surface area contributed by atoms with Gasteiger partial charge in [-0.05, 0) is 40.2 Å². The second-order valence-corrected chi connectivity index (χ2v) is 4.05. The zero-order valence-electron chi connectivity index (χ0n) is 8.60. The highest BCUT2D eigenvalue weighted by atomic mass is 79.9. The van der Waals surface area contributed by atoms with Crippen molar-refractivity contribution >= 4 is 15.9 Å². The lowest BCUT2D eigenvalue weighted by molar-refractivity contribution is 0.274. The van der Waals surface area contributed by atoms with E-state index in [2.05, 4.69) is 26.1 Å². The van der Waals surface area contributed by atoms with E-state index in [4.69, 9.17) is 9.84 Å². The van der Waals surface area contributed by atoms with Crippen LogP contribution >= 0.6 is 15.9 Å². The zero-order valence-corrected chi connectivity index (χ0v) is 10.2. The number of hydrogen-bond acceptors (Lipinski definition) is 4. The van der Waals surface area contributed by atoms with Crippen molar-refractivity contribution in [2.75, 3.05) is 0 Å². The predicted molar refractivity (Wildman–Crippen MR) is 62.1 cm³/mol. The van der Waals surface area contributed by atoms with Crippen LogP contribution in [0.4, 0.5) is 4.39 Å². The highest BCUT2D eigenvalue weighted by Crippen LogP contribution is 2.24. The van der Waals surface area contributed by atoms with Crippen LogP contribution in [0, 0.1) is 5.82 Å². The molecule has 1 heterocycles. The molecule has 0 bridgehead atoms. The molecule has 0 saturated heterocycles. The fourth-order valence-corrected chi connectivity index (χ4v) is 1.51. The molecule has 0 amide bonds. The Morgan fingerprint density at radius 2 is 2.06 bits per heavy atom. The molecular formula is C11H8BrFN2O2. The Kier molecular flexibility index (Phi) is 3.65. The SMILES string of the molecule is OCc1ccc(Oc2ccc(F)c(Br)c2)nn1. The van der Waals surface area contributed by atoms with E-state index in [1.807, 2.05) is 0 Å². The first kappa shape index (κ1) is 11.9. The monoisotopic (exact) mass is 298 g/mol. The van der Waals surface area contributed by atoms with Gasteiger partial charge in [-0.2, -0.15) is 0 Å². The molecule has 0 aliphatic rings. The quantitative estimate of drug-likeness (QED) is 0.946. The van der Waals surface area contributed by atoms with Gasteiger partial charge in [-0.25, -0.2) is 4.39 Å². The third-order valence-corrected chi connectivity index (χ3v) is 2.58. The number of halogens is 2. The molecule has 0 radical (unpaired) electrons. The molecule has 1 N–H and O–H groups in total. The molecule has 1 aromatic carbocycles. The third-order valence-electron chi connectivity index (χ3n) is 1.97. The number of rotatable bonds is 3. The lowest BCUT2D eigenvalue weighted by Gasteiger charge is -2.04. The van der Waals surface area contributed by atoms with E-state index in [-0.39, 0.29) is 18.3 Å². The van der Waals surface area contributed by atoms with E-state index in [1.165, 1.54) is 18.2 Å². The molecule has 4 nitrogen and oxygen atoms in total. The smallest absolute Gasteiger partial charge is 0.238 e. The number of nitrogens with zero attached hydrogens (tertiary/aromatic N) is 2. The van der Waals surface area contributed by atoms with Gasteiger partial charge in [0.1, 0.15) is 11.6 Å². The molecule has 0 aliphatic carbocycles. The summed E-state index contributed by atoms with van der Waals surface area (Å²) in [6, 6.07) is 7.45. The Morgan fingerprint density at radius 3 is 2.65 bits per heavy atom. The Balaban J connectivity index is 2.16. The molecule has 0 aliphatic heterocycles. The predicted octanol–water partition coefficient (Wildman–Crippen LogP) is 2.66. The lowest BCUT2D eigenvalue weighted by atomic mass is 10.3. The maximum atomic E-state index is 13.0. The van der Waals surface area contributed by atoms with Crippen molar-refractivity contribution in [3.63, 3.8) is 0 Å². The van der Waals surface area contributed by atoms with Gasteiger partial charge in [-0.15, -0.1) is 10.2 Å². The minimum absolute atomic E-state index is 0.171. The first-order valence-electron chi connectivity index (χ1n) is 4.75. The minimum Gasteiger partial charge on any atom is -0.437 e. The summed E-state index contributed by atoms with van der Waals surface area (Å²) in [6.45, 7) is -0.171. The Bertz CT molecular complexity index is 519. The summed E-state index contributed by atoms with van der Waals surface area (Å²) < 4.78 is 18.7. The summed E-state index contributed by atoms with van der Waals surface area (Å²) in [5.74, 6) is 0.365. The Hall–Kier alpha value is -1.53. The summed E-state index contributed by atoms with van der Waals surface area (Å²) in [7, 11) is 0. The molecule has 6 heteroatoms. The van der Waals surface area contributed by atoms with Gasteiger partial charge >= 0.3 is 0 Å². The van der Waals surface area contributed by atoms with Crippen molar-refractivity contribution in [2.24, 2.45) is 0 Å². The van der Waals surface area contributed by atoms with E-state index in [0.717, 1.165) is 0 Å². The molecule has 88 valence electrons. The van der Waals surface area contributed by atoms with Gasteiger partial charge in [-0.1, -0.05) is 0 Å². The standard InChI is InChI=1S/C11H8BrFN2O2/c12-9-5-8(2-3-10(9)13)17-11-4-1-7(6-16)14-15-11/h1-5,16H,6H2. The first-order chi connectivity index (χ1) is 8.19. The fraction of sp³-hybridized carbons (Fsp3) is 0.0909. The van der Waals surface area contributed by atoms with Crippen molar-refractivity contribution in [1.29, 1.82) is 0 Å². The second-order valence-electron chi connectivity index (χ2n) is 3.20. The van der Waals surface area contributed by atoms with Crippen LogP contribution in [0.15, 0.2) is 34.8 Å². The number of hydrogen-bond donors (Lipinski definition) is 1. The van der Waals surface area contributed by atoms with Crippen LogP contribution in [0.3, 0.4) is 0 Å². The van der Waals surface area contributed by atoms with Gasteiger partial charge in [0.05, 0.1) is 16.8 Å². The van der Waals surface area contributed by atoms with Crippen LogP contribution < -0.4 is 4.74 Å². The normalized spacial score (nSPS) is 10.3. The van der Waals surface area contributed by atoms with Crippen molar-refractivity contribution in [3.8, 4) is 11.6 Å². The highest BCUT2D eigenvalue weighted by molar-refractivity contribution is 9.10. The zero-order chi connectivity index (χ0) is 12.3. The number of aliphatic hydroxyl groups excluding tert-OH is 1. The maximum absolute atomic E-state index is 13.0. The molecule has 0 fully saturated rings. The maximum Gasteiger partial charge on any atom is 0.238 e. The summed E-state index contributed by atoms with van der Waals surface area (Å²) in [4.78, 5) is 0. The van der Waals surface area contributed by atoms with Gasteiger partial charge in [-0.3, -0.25) is 0 Å². The van der Waals surface area contributed by atoms with E-state index in [0.29, 0.717) is 15.9 Å². The Morgan fingerprint density at radius 1 is 1.24 bits per heavy atom. The summed E-state index contributed by atoms with van der Waals surface area (Å²) >= 11 is 3.06. The van der Waals surface area contributed by atoms with E-state index >= 15 is 0 Å². The van der Waals surface area contributed by atoms with Crippen LogP contribution in [0.25, 0.3) is 0 Å². The molecule has 2 aromatic rings. The first-order valence-corrected chi connectivity index (χ1v) is 5.54. The number of aromatic nitrogens is 2. The van der Waals surface area contributed by atoms with Crippen molar-refractivity contribution in [3.05, 3.63) is 46.3 Å². The summed E-state index contributed by atoms with van der Waals surface area (Å²) in [6.07, 6.45) is 0. The Labute approximate surface area is 105 Å². The average Bonchev–Trinajstić information content (AvgIpc) is 2.35. The fourth-order valence-electron chi connectivity index (χ4n) is 1.15. The van der Waals surface area contributed by atoms with E-state index in [9.17, 15) is 4.39 Å². The highest BCUT2D eigenvalue weighted by Gasteiger charge is 2.04. The van der Waals surface area contributed by atoms with Gasteiger partial charge in [0.2, 0.25) is 5.88 Å². The largest absolute Gasteiger partial charge is 0.437 e. The van der Waals surface area contributed by atoms with Crippen molar-refractivity contribution in [2.45, 2.75) is 6.61 Å². The third kappa shape index (κ3) is 2.98. The lowest BCUT2D eigenvalue weighted by Crippen LogP contribution is -1.95. The van der Waals surface area contributed by atoms with E-state index < -0.39 is 0 Å². The molecule has 1 aromatic heterocycles. The molecule has 2 rings (SSSR count). The molecule has 0 unspecified atom stereocenters. The minimum atomic E-state index is -0.362. The van der Waals surface area contributed by atoms with Crippen LogP contribution in [-0.4, -0.2) is 15.3 Å². The molecule has 0 saturated carbocycles. The molecule has 0 atom stereocenters. The van der Waals surface area contributed by atoms with Gasteiger partial charge < -0.3 is 9.84 Å². The van der Waals surface area contributed by atoms with Gasteiger partial charge in [0, 0.05) is 6.07 Å². The number of aliphatic hydroxyl groups is 1. The summed E-state index contributed by atoms with van der Waals surface area (Å²) in [5, 5.41) is 16.3. The van der Waals surface area contributed by atoms with Crippen LogP contribution in [0.2, 0.25) is 0 Å². The number of benzene rings is 1. The molecule has 0 spiro atoms. The van der Waals surface area contributed by atoms with Crippen molar-refractivity contribution in [1.82, 2.24) is 10.2 Å². The van der Waals surface area contributed by atoms with Gasteiger partial charge in [0.15, 0.2) is 0 Å². The van der Waals surface area contributed by atoms with Crippen LogP contribution in [0.5, 0.6) is 11.6 Å². The van der Waals surface area contributed by atoms with Crippen LogP contribution in [-0.2, 0) is 6.61 Å². The molecular weight excluding hydrogens is 291 g/mol. The second kappa shape index (κ2) is 5.20. The van der Waals surface area contributed by atoms with Crippen LogP contribution in [0.1, 0.15) is 5.69 Å². The summed E-state index contributed by atoms with van der Waals surface area (Å²) in [5.41, 5.74) is 0.456. The van der Waals surface area contributed by atoms with E-state index in [1.54, 1.807) is 12.1 Å². The topological polar surface area (TPSA) is 55.2 Å². The van der Waals surface area contributed by atoms with Gasteiger partial charge in [0.25, 0.3) is 0 Å². The molecule has 17 heavy (non-hydrogen) atoms. The average molecular weight is 299 g/mol. The van der Waals surface area contributed by atoms with Crippen molar-refractivity contribution < 1.29 is 14.2 Å².